The van der Waals surface area contributed by atoms with Gasteiger partial charge in [0.2, 0.25) is 17.6 Å². The van der Waals surface area contributed by atoms with E-state index in [0.717, 1.165) is 55.4 Å². The molecule has 0 radical (unpaired) electrons. The lowest BCUT2D eigenvalue weighted by Gasteiger charge is -2.22. The zero-order chi connectivity index (χ0) is 67.5. The van der Waals surface area contributed by atoms with Crippen LogP contribution in [0.3, 0.4) is 0 Å². The number of fused-ring (bicyclic) bond motifs is 3. The Labute approximate surface area is 559 Å². The average Bonchev–Trinajstić information content (AvgIpc) is 1.73. The van der Waals surface area contributed by atoms with Gasteiger partial charge < -0.3 is 86.2 Å². The van der Waals surface area contributed by atoms with E-state index in [1.807, 2.05) is 123 Å². The lowest BCUT2D eigenvalue weighted by molar-refractivity contribution is -0.0456. The maximum absolute atomic E-state index is 11.2. The normalized spacial score (nSPS) is 23.0. The third-order valence-electron chi connectivity index (χ3n) is 18.0. The van der Waals surface area contributed by atoms with Crippen LogP contribution in [0.2, 0.25) is 0 Å². The van der Waals surface area contributed by atoms with Crippen LogP contribution in [0.4, 0.5) is 0 Å². The third-order valence-corrected chi connectivity index (χ3v) is 18.0. The summed E-state index contributed by atoms with van der Waals surface area (Å²) in [4.78, 5) is 26.4. The first-order valence-electron chi connectivity index (χ1n) is 32.1. The van der Waals surface area contributed by atoms with E-state index in [2.05, 4.69) is 43.1 Å². The van der Waals surface area contributed by atoms with Gasteiger partial charge in [-0.25, -0.2) is 15.0 Å². The van der Waals surface area contributed by atoms with Crippen LogP contribution in [0.25, 0.3) is 33.1 Å². The molecule has 0 saturated heterocycles. The number of aromatic nitrogens is 9. The molecule has 0 bridgehead atoms. The first-order valence-corrected chi connectivity index (χ1v) is 32.1. The van der Waals surface area contributed by atoms with Crippen molar-refractivity contribution in [1.29, 1.82) is 0 Å². The summed E-state index contributed by atoms with van der Waals surface area (Å²) in [5.74, 6) is 0.771. The summed E-state index contributed by atoms with van der Waals surface area (Å²) >= 11 is 0. The third kappa shape index (κ3) is 16.3. The summed E-state index contributed by atoms with van der Waals surface area (Å²) in [7, 11) is 9.65. The molecule has 6 heterocycles. The number of ether oxygens (including phenoxy) is 11. The second-order valence-corrected chi connectivity index (χ2v) is 24.1. The largest absolute Gasteiger partial charge is 0.479 e. The molecule has 0 amide bonds. The molecule has 24 heteroatoms. The van der Waals surface area contributed by atoms with E-state index < -0.39 is 30.5 Å². The van der Waals surface area contributed by atoms with Crippen molar-refractivity contribution in [2.75, 3.05) is 75.7 Å². The maximum atomic E-state index is 11.2. The molecule has 3 fully saturated rings. The minimum atomic E-state index is -0.893. The molecule has 6 aromatic heterocycles. The SMILES string of the molecule is C=CCO[C@@H]1[C@@H](COC)C[C@@H](c2cn(COCc3ccccc3)c3c(OC)ncnc23)[C@@H]1O.C=CCO[C@@H]1[C@H](O)[C@@H](COC)C[C@H]1c1cn(COCc2ccccc2)c2c(OC)ncnc12.COC[C@H]1C[C@@H](c2cn(COCc3ccccc3)c3c(OC)ncnc23)[C@H](O)[C@@H]1O. The zero-order valence-corrected chi connectivity index (χ0v) is 55.3. The predicted molar refractivity (Wildman–Crippen MR) is 358 cm³/mol. The van der Waals surface area contributed by atoms with Crippen LogP contribution in [0.1, 0.15) is 70.4 Å². The van der Waals surface area contributed by atoms with Crippen LogP contribution < -0.4 is 14.2 Å². The van der Waals surface area contributed by atoms with Gasteiger partial charge in [0.1, 0.15) is 55.7 Å². The molecule has 0 spiro atoms. The lowest BCUT2D eigenvalue weighted by atomic mass is 9.96. The summed E-state index contributed by atoms with van der Waals surface area (Å²) in [6.07, 6.45) is 12.0. The Morgan fingerprint density at radius 2 is 0.760 bits per heavy atom. The molecule has 96 heavy (non-hydrogen) atoms. The molecule has 512 valence electrons. The Bertz CT molecular complexity index is 3880. The van der Waals surface area contributed by atoms with Gasteiger partial charge in [0.15, 0.2) is 0 Å². The highest BCUT2D eigenvalue weighted by atomic mass is 16.5. The number of aliphatic hydroxyl groups excluding tert-OH is 4. The quantitative estimate of drug-likeness (QED) is 0.0306. The highest BCUT2D eigenvalue weighted by molar-refractivity contribution is 5.86. The van der Waals surface area contributed by atoms with Gasteiger partial charge in [-0.1, -0.05) is 103 Å². The van der Waals surface area contributed by atoms with E-state index in [1.54, 1.807) is 54.8 Å². The standard InChI is InChI=1S/2C25H31N3O5.C22H27N3O5/c1-4-10-33-24-18(14-30-2)11-19(23(24)29)20-12-28(16-32-13-17-8-6-5-7-9-17)22-21(20)26-15-27-25(22)31-3;1-4-10-33-24-19(11-18(14-30-2)23(24)29)20-12-28(16-32-13-17-8-6-5-7-9-17)22-21(20)26-15-27-25(22)31-3;1-28-11-15-8-16(21(27)20(15)26)17-9-25(13-30-10-14-6-4-3-5-7-14)19-18(17)23-12-24-22(19)29-2/h2*4-9,12,15,18-19,23-24,29H,1,10-11,13-14,16H2,2-3H3;3-7,9,12,15-16,20-21,26-27H,8,10-11,13H2,1-2H3/t18-,19+,23+,24-;18-,19+,23-,24+;15-,16+,20-,21+/m111/s1. The van der Waals surface area contributed by atoms with Gasteiger partial charge in [-0.15, -0.1) is 13.2 Å². The molecule has 4 N–H and O–H groups in total. The Balaban J connectivity index is 0.000000157. The van der Waals surface area contributed by atoms with Gasteiger partial charge in [-0.2, -0.15) is 15.0 Å². The number of hydrogen-bond donors (Lipinski definition) is 4. The van der Waals surface area contributed by atoms with Crippen molar-refractivity contribution < 1.29 is 72.5 Å². The van der Waals surface area contributed by atoms with Crippen molar-refractivity contribution in [3.8, 4) is 17.6 Å². The molecular formula is C72H89N9O15. The van der Waals surface area contributed by atoms with Gasteiger partial charge in [0, 0.05) is 92.1 Å². The number of benzene rings is 3. The minimum absolute atomic E-state index is 0.0359. The van der Waals surface area contributed by atoms with Crippen molar-refractivity contribution in [3.05, 3.63) is 187 Å². The van der Waals surface area contributed by atoms with E-state index >= 15 is 0 Å². The predicted octanol–water partition coefficient (Wildman–Crippen LogP) is 8.68. The molecule has 3 aliphatic carbocycles. The number of rotatable bonds is 30. The molecular weight excluding hydrogens is 1230 g/mol. The fraction of sp³-hybridized carbons (Fsp3) is 0.444. The topological polar surface area (TPSA) is 275 Å². The Hall–Kier alpha value is -8.08. The van der Waals surface area contributed by atoms with E-state index in [1.165, 1.54) is 19.0 Å². The van der Waals surface area contributed by atoms with Crippen molar-refractivity contribution in [1.82, 2.24) is 43.6 Å². The van der Waals surface area contributed by atoms with Gasteiger partial charge in [0.05, 0.1) is 127 Å². The summed E-state index contributed by atoms with van der Waals surface area (Å²) in [5.41, 5.74) is 10.4. The van der Waals surface area contributed by atoms with Crippen LogP contribution in [0, 0.1) is 17.8 Å². The zero-order valence-electron chi connectivity index (χ0n) is 55.3. The number of nitrogens with zero attached hydrogens (tertiary/aromatic N) is 9. The maximum Gasteiger partial charge on any atom is 0.241 e. The highest BCUT2D eigenvalue weighted by Gasteiger charge is 2.47. The average molecular weight is 1320 g/mol. The summed E-state index contributed by atoms with van der Waals surface area (Å²) in [6, 6.07) is 30.0. The van der Waals surface area contributed by atoms with Crippen molar-refractivity contribution in [2.24, 2.45) is 17.8 Å². The fourth-order valence-electron chi connectivity index (χ4n) is 13.7. The Kier molecular flexibility index (Phi) is 25.6. The first kappa shape index (κ1) is 70.7. The van der Waals surface area contributed by atoms with Gasteiger partial charge in [-0.05, 0) is 36.0 Å². The van der Waals surface area contributed by atoms with Crippen molar-refractivity contribution >= 4 is 33.1 Å². The summed E-state index contributed by atoms with van der Waals surface area (Å²) in [6.45, 7) is 11.9. The molecule has 24 nitrogen and oxygen atoms in total. The van der Waals surface area contributed by atoms with E-state index in [-0.39, 0.29) is 48.3 Å². The molecule has 9 aromatic rings. The van der Waals surface area contributed by atoms with Crippen molar-refractivity contribution in [3.63, 3.8) is 0 Å². The smallest absolute Gasteiger partial charge is 0.241 e. The Morgan fingerprint density at radius 3 is 1.15 bits per heavy atom. The monoisotopic (exact) mass is 1320 g/mol. The molecule has 12 rings (SSSR count). The first-order chi connectivity index (χ1) is 47.0. The van der Waals surface area contributed by atoms with Crippen LogP contribution in [0.5, 0.6) is 17.6 Å². The Morgan fingerprint density at radius 1 is 0.417 bits per heavy atom. The number of hydrogen-bond acceptors (Lipinski definition) is 21. The number of aliphatic hydroxyl groups is 4. The van der Waals surface area contributed by atoms with Gasteiger partial charge in [-0.3, -0.25) is 0 Å². The minimum Gasteiger partial charge on any atom is -0.479 e. The summed E-state index contributed by atoms with van der Waals surface area (Å²) in [5, 5.41) is 43.3. The van der Waals surface area contributed by atoms with Crippen LogP contribution >= 0.6 is 0 Å². The lowest BCUT2D eigenvalue weighted by Crippen LogP contribution is -2.32. The molecule has 3 saturated carbocycles. The molecule has 12 atom stereocenters. The molecule has 3 aliphatic rings. The van der Waals surface area contributed by atoms with Crippen LogP contribution in [-0.4, -0.2) is 176 Å². The highest BCUT2D eigenvalue weighted by Crippen LogP contribution is 2.47. The molecule has 3 aromatic carbocycles. The van der Waals surface area contributed by atoms with Gasteiger partial charge >= 0.3 is 0 Å². The second-order valence-electron chi connectivity index (χ2n) is 24.1. The van der Waals surface area contributed by atoms with E-state index in [0.29, 0.717) is 114 Å². The van der Waals surface area contributed by atoms with Gasteiger partial charge in [0.25, 0.3) is 0 Å². The van der Waals surface area contributed by atoms with E-state index in [9.17, 15) is 20.4 Å². The number of methoxy groups -OCH3 is 6. The van der Waals surface area contributed by atoms with Crippen LogP contribution in [-0.2, 0) is 77.9 Å². The second kappa shape index (κ2) is 34.7. The molecule has 0 aliphatic heterocycles. The molecule has 0 unspecified atom stereocenters. The van der Waals surface area contributed by atoms with Crippen LogP contribution in [0.15, 0.2) is 154 Å². The van der Waals surface area contributed by atoms with E-state index in [4.69, 9.17) is 52.1 Å². The van der Waals surface area contributed by atoms with Crippen molar-refractivity contribution in [2.45, 2.75) is 114 Å². The fourth-order valence-corrected chi connectivity index (χ4v) is 13.7. The summed E-state index contributed by atoms with van der Waals surface area (Å²) < 4.78 is 68.1.